The Morgan fingerprint density at radius 2 is 1.00 bits per heavy atom. The van der Waals surface area contributed by atoms with Crippen molar-refractivity contribution in [2.75, 3.05) is 0 Å². The molecule has 0 aromatic heterocycles. The van der Waals surface area contributed by atoms with Gasteiger partial charge in [0.2, 0.25) is 0 Å². The second-order valence-electron chi connectivity index (χ2n) is 3.67. The van der Waals surface area contributed by atoms with E-state index in [0.29, 0.717) is 12.8 Å². The van der Waals surface area contributed by atoms with Gasteiger partial charge in [0.25, 0.3) is 0 Å². The Kier molecular flexibility index (Phi) is 7.56. The number of Topliss-reactive ketones (excluding diaryl/α,β-unsaturated/α-hetero) is 2. The van der Waals surface area contributed by atoms with E-state index in [4.69, 9.17) is 0 Å². The van der Waals surface area contributed by atoms with Crippen LogP contribution in [-0.2, 0) is 9.59 Å². The minimum Gasteiger partial charge on any atom is -0.300 e. The maximum absolute atomic E-state index is 10.6. The van der Waals surface area contributed by atoms with Gasteiger partial charge in [-0.25, -0.2) is 0 Å². The van der Waals surface area contributed by atoms with E-state index >= 15 is 0 Å². The summed E-state index contributed by atoms with van der Waals surface area (Å²) in [6.45, 7) is 3.27. The molecule has 2 nitrogen and oxygen atoms in total. The quantitative estimate of drug-likeness (QED) is 0.543. The molecule has 0 unspecified atom stereocenters. The third-order valence-electron chi connectivity index (χ3n) is 2.06. The summed E-state index contributed by atoms with van der Waals surface area (Å²) in [6, 6.07) is 0. The first-order valence-corrected chi connectivity index (χ1v) is 5.12. The van der Waals surface area contributed by atoms with Crippen molar-refractivity contribution >= 4 is 11.6 Å². The summed E-state index contributed by atoms with van der Waals surface area (Å²) in [4.78, 5) is 21.2. The fraction of sp³-hybridized carbons (Fsp3) is 0.818. The highest BCUT2D eigenvalue weighted by molar-refractivity contribution is 5.75. The van der Waals surface area contributed by atoms with E-state index in [0.717, 1.165) is 32.1 Å². The molecule has 0 aromatic carbocycles. The number of carbonyl (C=O) groups is 2. The van der Waals surface area contributed by atoms with Crippen LogP contribution in [0.25, 0.3) is 0 Å². The van der Waals surface area contributed by atoms with Crippen molar-refractivity contribution in [2.45, 2.75) is 58.8 Å². The molecule has 0 radical (unpaired) electrons. The van der Waals surface area contributed by atoms with Crippen LogP contribution in [0.15, 0.2) is 0 Å². The molecule has 2 heteroatoms. The number of rotatable bonds is 8. The van der Waals surface area contributed by atoms with E-state index < -0.39 is 0 Å². The van der Waals surface area contributed by atoms with E-state index in [1.807, 2.05) is 0 Å². The SMILES string of the molecule is CC(=O)CCCCCCCC(C)=O. The van der Waals surface area contributed by atoms with Gasteiger partial charge in [-0.05, 0) is 26.7 Å². The monoisotopic (exact) mass is 184 g/mol. The molecular weight excluding hydrogens is 164 g/mol. The summed E-state index contributed by atoms with van der Waals surface area (Å²) < 4.78 is 0. The van der Waals surface area contributed by atoms with Crippen LogP contribution in [0.1, 0.15) is 58.8 Å². The van der Waals surface area contributed by atoms with E-state index in [2.05, 4.69) is 0 Å². The van der Waals surface area contributed by atoms with Crippen molar-refractivity contribution < 1.29 is 9.59 Å². The van der Waals surface area contributed by atoms with Crippen molar-refractivity contribution in [3.05, 3.63) is 0 Å². The zero-order chi connectivity index (χ0) is 10.1. The van der Waals surface area contributed by atoms with Crippen LogP contribution in [0.5, 0.6) is 0 Å². The summed E-state index contributed by atoms with van der Waals surface area (Å²) in [5.41, 5.74) is 0. The Labute approximate surface area is 80.7 Å². The maximum Gasteiger partial charge on any atom is 0.129 e. The number of unbranched alkanes of at least 4 members (excludes halogenated alkanes) is 4. The Morgan fingerprint density at radius 1 is 0.692 bits per heavy atom. The summed E-state index contributed by atoms with van der Waals surface area (Å²) in [6.07, 6.45) is 6.85. The van der Waals surface area contributed by atoms with Crippen molar-refractivity contribution in [3.63, 3.8) is 0 Å². The van der Waals surface area contributed by atoms with E-state index in [-0.39, 0.29) is 11.6 Å². The minimum absolute atomic E-state index is 0.281. The van der Waals surface area contributed by atoms with E-state index in [1.165, 1.54) is 0 Å². The first kappa shape index (κ1) is 12.3. The number of hydrogen-bond donors (Lipinski definition) is 0. The molecule has 0 fully saturated rings. The van der Waals surface area contributed by atoms with Gasteiger partial charge in [0.05, 0.1) is 0 Å². The Morgan fingerprint density at radius 3 is 1.31 bits per heavy atom. The van der Waals surface area contributed by atoms with Gasteiger partial charge in [-0.1, -0.05) is 19.3 Å². The smallest absolute Gasteiger partial charge is 0.129 e. The molecule has 0 saturated carbocycles. The van der Waals surface area contributed by atoms with Crippen molar-refractivity contribution in [1.82, 2.24) is 0 Å². The van der Waals surface area contributed by atoms with Crippen LogP contribution >= 0.6 is 0 Å². The maximum atomic E-state index is 10.6. The highest BCUT2D eigenvalue weighted by atomic mass is 16.1. The zero-order valence-corrected chi connectivity index (χ0v) is 8.77. The summed E-state index contributed by atoms with van der Waals surface area (Å²) >= 11 is 0. The molecule has 0 rings (SSSR count). The molecule has 0 amide bonds. The minimum atomic E-state index is 0.281. The van der Waals surface area contributed by atoms with E-state index in [9.17, 15) is 9.59 Å². The third-order valence-corrected chi connectivity index (χ3v) is 2.06. The fourth-order valence-corrected chi connectivity index (χ4v) is 1.28. The standard InChI is InChI=1S/C11H20O2/c1-10(12)8-6-4-3-5-7-9-11(2)13/h3-9H2,1-2H3. The second kappa shape index (κ2) is 7.96. The van der Waals surface area contributed by atoms with Gasteiger partial charge in [-0.2, -0.15) is 0 Å². The molecule has 0 bridgehead atoms. The first-order chi connectivity index (χ1) is 6.13. The van der Waals surface area contributed by atoms with Crippen LogP contribution in [-0.4, -0.2) is 11.6 Å². The fourth-order valence-electron chi connectivity index (χ4n) is 1.28. The second-order valence-corrected chi connectivity index (χ2v) is 3.67. The van der Waals surface area contributed by atoms with Gasteiger partial charge in [0.1, 0.15) is 11.6 Å². The highest BCUT2D eigenvalue weighted by Crippen LogP contribution is 2.07. The van der Waals surface area contributed by atoms with Gasteiger partial charge >= 0.3 is 0 Å². The molecule has 0 N–H and O–H groups in total. The average molecular weight is 184 g/mol. The molecule has 13 heavy (non-hydrogen) atoms. The van der Waals surface area contributed by atoms with E-state index in [1.54, 1.807) is 13.8 Å². The van der Waals surface area contributed by atoms with Crippen molar-refractivity contribution in [1.29, 1.82) is 0 Å². The summed E-state index contributed by atoms with van der Waals surface area (Å²) in [5.74, 6) is 0.562. The molecule has 0 heterocycles. The molecule has 0 aliphatic rings. The summed E-state index contributed by atoms with van der Waals surface area (Å²) in [5, 5.41) is 0. The molecule has 0 saturated heterocycles. The molecule has 0 aliphatic carbocycles. The molecule has 0 aliphatic heterocycles. The van der Waals surface area contributed by atoms with Crippen LogP contribution in [0.4, 0.5) is 0 Å². The van der Waals surface area contributed by atoms with Gasteiger partial charge in [-0.3, -0.25) is 0 Å². The molecular formula is C11H20O2. The lowest BCUT2D eigenvalue weighted by Crippen LogP contribution is -1.91. The number of carbonyl (C=O) groups excluding carboxylic acids is 2. The Hall–Kier alpha value is -0.660. The van der Waals surface area contributed by atoms with Gasteiger partial charge in [-0.15, -0.1) is 0 Å². The molecule has 0 spiro atoms. The van der Waals surface area contributed by atoms with Gasteiger partial charge in [0, 0.05) is 12.8 Å². The molecule has 0 atom stereocenters. The van der Waals surface area contributed by atoms with Crippen LogP contribution in [0.3, 0.4) is 0 Å². The van der Waals surface area contributed by atoms with Crippen LogP contribution in [0, 0.1) is 0 Å². The predicted octanol–water partition coefficient (Wildman–Crippen LogP) is 2.90. The number of ketones is 2. The lowest BCUT2D eigenvalue weighted by atomic mass is 10.1. The average Bonchev–Trinajstić information content (AvgIpc) is 2.01. The third kappa shape index (κ3) is 11.3. The van der Waals surface area contributed by atoms with Gasteiger partial charge < -0.3 is 9.59 Å². The topological polar surface area (TPSA) is 34.1 Å². The number of hydrogen-bond acceptors (Lipinski definition) is 2. The van der Waals surface area contributed by atoms with Crippen LogP contribution < -0.4 is 0 Å². The normalized spacial score (nSPS) is 10.0. The predicted molar refractivity (Wildman–Crippen MR) is 53.7 cm³/mol. The van der Waals surface area contributed by atoms with Crippen molar-refractivity contribution in [2.24, 2.45) is 0 Å². The van der Waals surface area contributed by atoms with Gasteiger partial charge in [0.15, 0.2) is 0 Å². The van der Waals surface area contributed by atoms with Crippen LogP contribution in [0.2, 0.25) is 0 Å². The summed E-state index contributed by atoms with van der Waals surface area (Å²) in [7, 11) is 0. The largest absolute Gasteiger partial charge is 0.300 e. The van der Waals surface area contributed by atoms with Crippen molar-refractivity contribution in [3.8, 4) is 0 Å². The Bertz CT molecular complexity index is 143. The zero-order valence-electron chi connectivity index (χ0n) is 8.77. The molecule has 76 valence electrons. The Balaban J connectivity index is 3.00. The highest BCUT2D eigenvalue weighted by Gasteiger charge is 1.95. The lowest BCUT2D eigenvalue weighted by molar-refractivity contribution is -0.117. The lowest BCUT2D eigenvalue weighted by Gasteiger charge is -1.98. The molecule has 0 aromatic rings. The first-order valence-electron chi connectivity index (χ1n) is 5.12.